The fraction of sp³-hybridized carbons (Fsp3) is 0.400. The molecule has 4 unspecified atom stereocenters. The van der Waals surface area contributed by atoms with Gasteiger partial charge in [-0.25, -0.2) is 4.79 Å². The molecule has 1 N–H and O–H groups in total. The van der Waals surface area contributed by atoms with E-state index in [2.05, 4.69) is 5.10 Å². The lowest BCUT2D eigenvalue weighted by Gasteiger charge is -2.14. The van der Waals surface area contributed by atoms with Gasteiger partial charge in [0.05, 0.1) is 29.7 Å². The summed E-state index contributed by atoms with van der Waals surface area (Å²) in [4.78, 5) is 36.1. The van der Waals surface area contributed by atoms with Gasteiger partial charge in [0, 0.05) is 0 Å². The minimum Gasteiger partial charge on any atom is -0.490 e. The molecule has 1 aliphatic heterocycles. The molecule has 1 heterocycles. The highest BCUT2D eigenvalue weighted by atomic mass is 35.5. The van der Waals surface area contributed by atoms with E-state index in [0.29, 0.717) is 12.2 Å². The second-order valence-electron chi connectivity index (χ2n) is 7.18. The fourth-order valence-corrected chi connectivity index (χ4v) is 4.60. The number of carbonyl (C=O) groups excluding carboxylic acids is 2. The van der Waals surface area contributed by atoms with Crippen LogP contribution in [0.1, 0.15) is 18.9 Å². The molecule has 4 rings (SSSR count). The maximum Gasteiger partial charge on any atom is 0.341 e. The number of rotatable bonds is 7. The van der Waals surface area contributed by atoms with Gasteiger partial charge in [0.15, 0.2) is 18.1 Å². The van der Waals surface area contributed by atoms with Crippen LogP contribution in [0.25, 0.3) is 0 Å². The zero-order valence-electron chi connectivity index (χ0n) is 15.6. The van der Waals surface area contributed by atoms with Gasteiger partial charge in [0.2, 0.25) is 0 Å². The van der Waals surface area contributed by atoms with Gasteiger partial charge in [-0.15, -0.1) is 0 Å². The topological polar surface area (TPSA) is 106 Å². The third kappa shape index (κ3) is 3.37. The number of halogens is 1. The molecule has 2 aliphatic carbocycles. The smallest absolute Gasteiger partial charge is 0.341 e. The first-order valence-electron chi connectivity index (χ1n) is 9.31. The number of amides is 2. The SMILES string of the molecule is CCOc1cc(C=NN2C(=O)C3C4C=CC(C4)C3C2=O)cc(Cl)c1OCC(=O)O. The minimum atomic E-state index is -1.14. The zero-order valence-corrected chi connectivity index (χ0v) is 16.3. The molecule has 1 aromatic carbocycles. The molecule has 4 atom stereocenters. The van der Waals surface area contributed by atoms with Gasteiger partial charge in [-0.1, -0.05) is 23.8 Å². The summed E-state index contributed by atoms with van der Waals surface area (Å²) < 4.78 is 10.7. The maximum atomic E-state index is 12.7. The largest absolute Gasteiger partial charge is 0.490 e. The predicted molar refractivity (Wildman–Crippen MR) is 103 cm³/mol. The van der Waals surface area contributed by atoms with Crippen molar-refractivity contribution in [3.8, 4) is 11.5 Å². The van der Waals surface area contributed by atoms with Crippen LogP contribution in [0.15, 0.2) is 29.4 Å². The highest BCUT2D eigenvalue weighted by Crippen LogP contribution is 2.52. The maximum absolute atomic E-state index is 12.7. The minimum absolute atomic E-state index is 0.110. The summed E-state index contributed by atoms with van der Waals surface area (Å²) in [5, 5.41) is 14.0. The number of fused-ring (bicyclic) bond motifs is 5. The molecule has 2 fully saturated rings. The van der Waals surface area contributed by atoms with E-state index in [1.54, 1.807) is 13.0 Å². The monoisotopic (exact) mass is 418 g/mol. The Labute approximate surface area is 171 Å². The molecule has 29 heavy (non-hydrogen) atoms. The van der Waals surface area contributed by atoms with Crippen LogP contribution < -0.4 is 9.47 Å². The third-order valence-corrected chi connectivity index (χ3v) is 5.72. The highest BCUT2D eigenvalue weighted by Gasteiger charge is 2.59. The number of aliphatic carboxylic acids is 1. The van der Waals surface area contributed by atoms with Gasteiger partial charge in [-0.05, 0) is 42.9 Å². The number of carboxylic acids is 1. The Morgan fingerprint density at radius 1 is 1.24 bits per heavy atom. The van der Waals surface area contributed by atoms with Gasteiger partial charge >= 0.3 is 5.97 Å². The molecule has 0 radical (unpaired) electrons. The first-order chi connectivity index (χ1) is 13.9. The number of imide groups is 1. The van der Waals surface area contributed by atoms with Crippen LogP contribution in [0.4, 0.5) is 0 Å². The van der Waals surface area contributed by atoms with E-state index >= 15 is 0 Å². The van der Waals surface area contributed by atoms with Crippen molar-refractivity contribution in [2.45, 2.75) is 13.3 Å². The first kappa shape index (κ1) is 19.4. The fourth-order valence-electron chi connectivity index (χ4n) is 4.32. The summed E-state index contributed by atoms with van der Waals surface area (Å²) in [6, 6.07) is 3.06. The van der Waals surface area contributed by atoms with Crippen LogP contribution in [0, 0.1) is 23.7 Å². The molecule has 3 aliphatic rings. The Kier molecular flexibility index (Phi) is 5.04. The quantitative estimate of drug-likeness (QED) is 0.414. The third-order valence-electron chi connectivity index (χ3n) is 5.44. The average Bonchev–Trinajstić information content (AvgIpc) is 3.34. The number of benzene rings is 1. The van der Waals surface area contributed by atoms with Crippen molar-refractivity contribution in [3.63, 3.8) is 0 Å². The number of hydrazone groups is 1. The van der Waals surface area contributed by atoms with Crippen LogP contribution in [0.2, 0.25) is 5.02 Å². The van der Waals surface area contributed by atoms with Crippen LogP contribution in [0.3, 0.4) is 0 Å². The molecule has 2 bridgehead atoms. The Hall–Kier alpha value is -2.87. The van der Waals surface area contributed by atoms with Crippen LogP contribution >= 0.6 is 11.6 Å². The van der Waals surface area contributed by atoms with E-state index < -0.39 is 12.6 Å². The second kappa shape index (κ2) is 7.51. The van der Waals surface area contributed by atoms with E-state index in [-0.39, 0.29) is 52.0 Å². The van der Waals surface area contributed by atoms with Crippen molar-refractivity contribution in [2.75, 3.05) is 13.2 Å². The number of carbonyl (C=O) groups is 3. The Morgan fingerprint density at radius 2 is 1.90 bits per heavy atom. The number of allylic oxidation sites excluding steroid dienone is 2. The van der Waals surface area contributed by atoms with Gasteiger partial charge in [0.25, 0.3) is 11.8 Å². The van der Waals surface area contributed by atoms with Crippen molar-refractivity contribution in [1.82, 2.24) is 5.01 Å². The molecule has 1 aromatic rings. The summed E-state index contributed by atoms with van der Waals surface area (Å²) >= 11 is 6.22. The van der Waals surface area contributed by atoms with Gasteiger partial charge < -0.3 is 14.6 Å². The summed E-state index contributed by atoms with van der Waals surface area (Å²) in [5.74, 6) is -1.73. The molecule has 1 saturated heterocycles. The van der Waals surface area contributed by atoms with Gasteiger partial charge in [-0.3, -0.25) is 9.59 Å². The molecule has 9 heteroatoms. The lowest BCUT2D eigenvalue weighted by atomic mass is 9.85. The molecular formula is C20H19ClN2O6. The Balaban J connectivity index is 1.56. The molecular weight excluding hydrogens is 400 g/mol. The predicted octanol–water partition coefficient (Wildman–Crippen LogP) is 2.34. The van der Waals surface area contributed by atoms with Gasteiger partial charge in [-0.2, -0.15) is 10.1 Å². The Morgan fingerprint density at radius 3 is 2.48 bits per heavy atom. The van der Waals surface area contributed by atoms with Gasteiger partial charge in [0.1, 0.15) is 0 Å². The molecule has 0 aromatic heterocycles. The summed E-state index contributed by atoms with van der Waals surface area (Å²) in [5.41, 5.74) is 0.486. The number of hydrogen-bond donors (Lipinski definition) is 1. The van der Waals surface area contributed by atoms with E-state index in [1.165, 1.54) is 12.3 Å². The molecule has 1 saturated carbocycles. The van der Waals surface area contributed by atoms with Crippen molar-refractivity contribution in [3.05, 3.63) is 34.9 Å². The summed E-state index contributed by atoms with van der Waals surface area (Å²) in [6.45, 7) is 1.50. The molecule has 152 valence electrons. The molecule has 2 amide bonds. The van der Waals surface area contributed by atoms with E-state index in [1.807, 2.05) is 12.2 Å². The van der Waals surface area contributed by atoms with Crippen LogP contribution in [-0.4, -0.2) is 47.3 Å². The van der Waals surface area contributed by atoms with E-state index in [4.69, 9.17) is 26.2 Å². The van der Waals surface area contributed by atoms with Crippen LogP contribution in [0.5, 0.6) is 11.5 Å². The number of hydrogen-bond acceptors (Lipinski definition) is 6. The van der Waals surface area contributed by atoms with E-state index in [9.17, 15) is 14.4 Å². The summed E-state index contributed by atoms with van der Waals surface area (Å²) in [7, 11) is 0. The van der Waals surface area contributed by atoms with E-state index in [0.717, 1.165) is 11.4 Å². The number of ether oxygens (including phenoxy) is 2. The van der Waals surface area contributed by atoms with Crippen molar-refractivity contribution in [2.24, 2.45) is 28.8 Å². The first-order valence-corrected chi connectivity index (χ1v) is 9.69. The van der Waals surface area contributed by atoms with Crippen molar-refractivity contribution < 1.29 is 29.0 Å². The molecule has 8 nitrogen and oxygen atoms in total. The lowest BCUT2D eigenvalue weighted by molar-refractivity contribution is -0.141. The van der Waals surface area contributed by atoms with Crippen LogP contribution in [-0.2, 0) is 14.4 Å². The molecule has 0 spiro atoms. The normalized spacial score (nSPS) is 27.2. The highest BCUT2D eigenvalue weighted by molar-refractivity contribution is 6.32. The number of nitrogens with zero attached hydrogens (tertiary/aromatic N) is 2. The second-order valence-corrected chi connectivity index (χ2v) is 7.59. The van der Waals surface area contributed by atoms with Crippen molar-refractivity contribution >= 4 is 35.6 Å². The zero-order chi connectivity index (χ0) is 20.7. The number of carboxylic acid groups (broad SMARTS) is 1. The standard InChI is InChI=1S/C20H19ClN2O6/c1-2-28-14-6-10(5-13(21)18(14)29-9-15(24)25)8-22-23-19(26)16-11-3-4-12(7-11)17(16)20(23)27/h3-6,8,11-12,16-17H,2,7,9H2,1H3,(H,24,25). The van der Waals surface area contributed by atoms with Crippen molar-refractivity contribution in [1.29, 1.82) is 0 Å². The Bertz CT molecular complexity index is 913. The summed E-state index contributed by atoms with van der Waals surface area (Å²) in [6.07, 6.45) is 6.26. The lowest BCUT2D eigenvalue weighted by Crippen LogP contribution is -2.28. The average molecular weight is 419 g/mol.